The van der Waals surface area contributed by atoms with Crippen LogP contribution in [0.1, 0.15) is 36.4 Å². The Kier molecular flexibility index (Phi) is 4.44. The van der Waals surface area contributed by atoms with Crippen LogP contribution in [0.3, 0.4) is 0 Å². The molecule has 0 unspecified atom stereocenters. The molecule has 5 nitrogen and oxygen atoms in total. The zero-order chi connectivity index (χ0) is 19.0. The van der Waals surface area contributed by atoms with Crippen molar-refractivity contribution in [2.45, 2.75) is 38.8 Å². The SMILES string of the molecule is CCCc1ccc([C@]2(C)NC(=O)N(Cc3nc4ccccc4s3)C2=O)cc1. The molecule has 0 saturated carbocycles. The van der Waals surface area contributed by atoms with E-state index in [1.165, 1.54) is 21.8 Å². The minimum atomic E-state index is -1.04. The van der Waals surface area contributed by atoms with E-state index < -0.39 is 5.54 Å². The van der Waals surface area contributed by atoms with Gasteiger partial charge >= 0.3 is 6.03 Å². The molecule has 6 heteroatoms. The van der Waals surface area contributed by atoms with Gasteiger partial charge in [-0.05, 0) is 36.6 Å². The molecule has 1 aromatic heterocycles. The number of hydrogen-bond acceptors (Lipinski definition) is 4. The maximum Gasteiger partial charge on any atom is 0.325 e. The number of hydrogen-bond donors (Lipinski definition) is 1. The molecule has 2 aromatic carbocycles. The van der Waals surface area contributed by atoms with Gasteiger partial charge in [0.2, 0.25) is 0 Å². The number of aromatic nitrogens is 1. The summed E-state index contributed by atoms with van der Waals surface area (Å²) in [6.45, 7) is 4.09. The van der Waals surface area contributed by atoms with Crippen molar-refractivity contribution in [1.82, 2.24) is 15.2 Å². The molecule has 2 heterocycles. The predicted molar refractivity (Wildman–Crippen MR) is 106 cm³/mol. The maximum absolute atomic E-state index is 13.1. The highest BCUT2D eigenvalue weighted by molar-refractivity contribution is 7.18. The third kappa shape index (κ3) is 3.10. The number of rotatable bonds is 5. The summed E-state index contributed by atoms with van der Waals surface area (Å²) in [6, 6.07) is 15.4. The Morgan fingerprint density at radius 2 is 1.85 bits per heavy atom. The van der Waals surface area contributed by atoms with Gasteiger partial charge in [-0.15, -0.1) is 11.3 Å². The summed E-state index contributed by atoms with van der Waals surface area (Å²) in [5.74, 6) is -0.241. The summed E-state index contributed by atoms with van der Waals surface area (Å²) < 4.78 is 1.05. The van der Waals surface area contributed by atoms with Crippen LogP contribution in [0, 0.1) is 0 Å². The van der Waals surface area contributed by atoms with Gasteiger partial charge in [-0.2, -0.15) is 0 Å². The fourth-order valence-electron chi connectivity index (χ4n) is 3.45. The van der Waals surface area contributed by atoms with E-state index in [0.717, 1.165) is 33.6 Å². The number of thiazole rings is 1. The molecule has 0 aliphatic carbocycles. The first-order valence-electron chi connectivity index (χ1n) is 9.09. The number of aryl methyl sites for hydroxylation is 1. The standard InChI is InChI=1S/C21H21N3O2S/c1-3-6-14-9-11-15(12-10-14)21(2)19(25)24(20(26)23-21)13-18-22-16-7-4-5-8-17(16)27-18/h4-5,7-12H,3,6,13H2,1-2H3,(H,23,26)/t21-/m0/s1. The van der Waals surface area contributed by atoms with Crippen LogP contribution in [0.25, 0.3) is 10.2 Å². The number of para-hydroxylation sites is 1. The first-order chi connectivity index (χ1) is 13.0. The summed E-state index contributed by atoms with van der Waals surface area (Å²) in [7, 11) is 0. The molecule has 1 saturated heterocycles. The van der Waals surface area contributed by atoms with Crippen LogP contribution in [0.2, 0.25) is 0 Å². The van der Waals surface area contributed by atoms with Gasteiger partial charge in [0.1, 0.15) is 10.5 Å². The van der Waals surface area contributed by atoms with Crippen LogP contribution >= 0.6 is 11.3 Å². The Morgan fingerprint density at radius 3 is 2.56 bits per heavy atom. The molecule has 0 radical (unpaired) electrons. The van der Waals surface area contributed by atoms with Gasteiger partial charge in [0.15, 0.2) is 0 Å². The van der Waals surface area contributed by atoms with Crippen LogP contribution in [-0.2, 0) is 23.3 Å². The Labute approximate surface area is 162 Å². The third-order valence-corrected chi connectivity index (χ3v) is 6.00. The van der Waals surface area contributed by atoms with Crippen LogP contribution in [0.4, 0.5) is 4.79 Å². The van der Waals surface area contributed by atoms with Gasteiger partial charge in [-0.1, -0.05) is 49.7 Å². The van der Waals surface area contributed by atoms with Crippen molar-refractivity contribution in [1.29, 1.82) is 0 Å². The number of carbonyl (C=O) groups excluding carboxylic acids is 2. The summed E-state index contributed by atoms with van der Waals surface area (Å²) in [5.41, 5.74) is 1.87. The van der Waals surface area contributed by atoms with Gasteiger partial charge in [0.25, 0.3) is 5.91 Å². The molecular formula is C21H21N3O2S. The second kappa shape index (κ2) is 6.78. The number of carbonyl (C=O) groups is 2. The van der Waals surface area contributed by atoms with Crippen molar-refractivity contribution in [2.24, 2.45) is 0 Å². The van der Waals surface area contributed by atoms with Crippen molar-refractivity contribution in [3.8, 4) is 0 Å². The number of benzene rings is 2. The smallest absolute Gasteiger partial charge is 0.319 e. The molecule has 1 fully saturated rings. The largest absolute Gasteiger partial charge is 0.325 e. The minimum Gasteiger partial charge on any atom is -0.319 e. The highest BCUT2D eigenvalue weighted by Crippen LogP contribution is 2.31. The van der Waals surface area contributed by atoms with E-state index in [0.29, 0.717) is 0 Å². The zero-order valence-corrected chi connectivity index (χ0v) is 16.2. The molecule has 1 atom stereocenters. The van der Waals surface area contributed by atoms with Crippen molar-refractivity contribution in [3.63, 3.8) is 0 Å². The number of nitrogens with one attached hydrogen (secondary N) is 1. The van der Waals surface area contributed by atoms with E-state index >= 15 is 0 Å². The zero-order valence-electron chi connectivity index (χ0n) is 15.4. The van der Waals surface area contributed by atoms with E-state index in [1.807, 2.05) is 48.5 Å². The first-order valence-corrected chi connectivity index (χ1v) is 9.91. The van der Waals surface area contributed by atoms with Crippen LogP contribution in [0.15, 0.2) is 48.5 Å². The molecule has 138 valence electrons. The number of imide groups is 1. The summed E-state index contributed by atoms with van der Waals surface area (Å²) >= 11 is 1.51. The molecule has 3 aromatic rings. The molecule has 27 heavy (non-hydrogen) atoms. The first kappa shape index (κ1) is 17.7. The fourth-order valence-corrected chi connectivity index (χ4v) is 4.41. The highest BCUT2D eigenvalue weighted by atomic mass is 32.1. The molecular weight excluding hydrogens is 358 g/mol. The Morgan fingerprint density at radius 1 is 1.11 bits per heavy atom. The third-order valence-electron chi connectivity index (χ3n) is 4.98. The molecule has 1 N–H and O–H groups in total. The Bertz CT molecular complexity index is 979. The fraction of sp³-hybridized carbons (Fsp3) is 0.286. The van der Waals surface area contributed by atoms with E-state index in [9.17, 15) is 9.59 Å². The van der Waals surface area contributed by atoms with E-state index in [-0.39, 0.29) is 18.5 Å². The van der Waals surface area contributed by atoms with Gasteiger partial charge < -0.3 is 5.32 Å². The molecule has 3 amide bonds. The molecule has 0 bridgehead atoms. The Balaban J connectivity index is 1.58. The lowest BCUT2D eigenvalue weighted by molar-refractivity contribution is -0.131. The lowest BCUT2D eigenvalue weighted by Crippen LogP contribution is -2.40. The molecule has 0 spiro atoms. The van der Waals surface area contributed by atoms with E-state index in [1.54, 1.807) is 6.92 Å². The summed E-state index contributed by atoms with van der Waals surface area (Å²) in [6.07, 6.45) is 2.07. The Hall–Kier alpha value is -2.73. The number of fused-ring (bicyclic) bond motifs is 1. The molecule has 4 rings (SSSR count). The second-order valence-electron chi connectivity index (χ2n) is 6.97. The average Bonchev–Trinajstić information content (AvgIpc) is 3.17. The van der Waals surface area contributed by atoms with Crippen LogP contribution < -0.4 is 5.32 Å². The maximum atomic E-state index is 13.1. The molecule has 1 aliphatic heterocycles. The van der Waals surface area contributed by atoms with Gasteiger partial charge in [-0.3, -0.25) is 9.69 Å². The minimum absolute atomic E-state index is 0.188. The lowest BCUT2D eigenvalue weighted by atomic mass is 9.91. The number of urea groups is 1. The van der Waals surface area contributed by atoms with Crippen LogP contribution in [-0.4, -0.2) is 21.8 Å². The summed E-state index contributed by atoms with van der Waals surface area (Å²) in [5, 5.41) is 3.62. The normalized spacial score (nSPS) is 19.7. The van der Waals surface area contributed by atoms with Gasteiger partial charge in [-0.25, -0.2) is 9.78 Å². The van der Waals surface area contributed by atoms with E-state index in [2.05, 4.69) is 17.2 Å². The van der Waals surface area contributed by atoms with Crippen molar-refractivity contribution in [2.75, 3.05) is 0 Å². The van der Waals surface area contributed by atoms with Gasteiger partial charge in [0, 0.05) is 0 Å². The number of amides is 3. The lowest BCUT2D eigenvalue weighted by Gasteiger charge is -2.22. The predicted octanol–water partition coefficient (Wildman–Crippen LogP) is 4.22. The average molecular weight is 379 g/mol. The van der Waals surface area contributed by atoms with Crippen molar-refractivity contribution in [3.05, 3.63) is 64.7 Å². The molecule has 1 aliphatic rings. The number of nitrogens with zero attached hydrogens (tertiary/aromatic N) is 2. The van der Waals surface area contributed by atoms with Crippen molar-refractivity contribution >= 4 is 33.5 Å². The van der Waals surface area contributed by atoms with Crippen molar-refractivity contribution < 1.29 is 9.59 Å². The monoisotopic (exact) mass is 379 g/mol. The quantitative estimate of drug-likeness (QED) is 0.675. The van der Waals surface area contributed by atoms with Crippen LogP contribution in [0.5, 0.6) is 0 Å². The summed E-state index contributed by atoms with van der Waals surface area (Å²) in [4.78, 5) is 31.4. The topological polar surface area (TPSA) is 62.3 Å². The second-order valence-corrected chi connectivity index (χ2v) is 8.08. The van der Waals surface area contributed by atoms with E-state index in [4.69, 9.17) is 0 Å². The highest BCUT2D eigenvalue weighted by Gasteiger charge is 2.49. The van der Waals surface area contributed by atoms with Gasteiger partial charge in [0.05, 0.1) is 16.8 Å².